The first-order valence-electron chi connectivity index (χ1n) is 4.04. The number of pyridine rings is 1. The van der Waals surface area contributed by atoms with Gasteiger partial charge in [0.25, 0.3) is 0 Å². The number of rotatable bonds is 1. The predicted octanol–water partition coefficient (Wildman–Crippen LogP) is 2.64. The van der Waals surface area contributed by atoms with Crippen LogP contribution in [0.5, 0.6) is 5.88 Å². The predicted molar refractivity (Wildman–Crippen MR) is 57.8 cm³/mol. The second-order valence-corrected chi connectivity index (χ2v) is 3.62. The zero-order valence-electron chi connectivity index (χ0n) is 7.45. The summed E-state index contributed by atoms with van der Waals surface area (Å²) in [4.78, 5) is 4.20. The molecule has 0 spiro atoms. The highest BCUT2D eigenvalue weighted by atomic mass is 35.5. The summed E-state index contributed by atoms with van der Waals surface area (Å²) in [6.45, 7) is 0. The molecule has 3 nitrogen and oxygen atoms in total. The Balaban J connectivity index is 2.48. The van der Waals surface area contributed by atoms with Gasteiger partial charge in [-0.2, -0.15) is 4.98 Å². The molecule has 1 atom stereocenters. The maximum absolute atomic E-state index is 5.96. The van der Waals surface area contributed by atoms with Crippen molar-refractivity contribution >= 4 is 35.3 Å². The molecule has 0 aromatic carbocycles. The molecule has 1 aliphatic heterocycles. The number of methoxy groups -OCH3 is 1. The van der Waals surface area contributed by atoms with Gasteiger partial charge >= 0.3 is 0 Å². The Hall–Kier alpha value is -0.930. The second kappa shape index (κ2) is 3.67. The van der Waals surface area contributed by atoms with Gasteiger partial charge in [-0.3, -0.25) is 0 Å². The Morgan fingerprint density at radius 1 is 1.50 bits per heavy atom. The van der Waals surface area contributed by atoms with Gasteiger partial charge in [0.15, 0.2) is 5.82 Å². The summed E-state index contributed by atoms with van der Waals surface area (Å²) >= 11 is 11.9. The third-order valence-corrected chi connectivity index (χ3v) is 2.75. The molecule has 0 bridgehead atoms. The van der Waals surface area contributed by atoms with Crippen molar-refractivity contribution in [2.75, 3.05) is 11.5 Å². The van der Waals surface area contributed by atoms with E-state index in [9.17, 15) is 0 Å². The van der Waals surface area contributed by atoms with E-state index in [2.05, 4.69) is 4.98 Å². The number of hydrogen-bond acceptors (Lipinski definition) is 3. The van der Waals surface area contributed by atoms with Gasteiger partial charge in [-0.15, -0.1) is 0 Å². The van der Waals surface area contributed by atoms with Crippen molar-refractivity contribution in [2.24, 2.45) is 0 Å². The molecule has 0 fully saturated rings. The molecule has 74 valence electrons. The summed E-state index contributed by atoms with van der Waals surface area (Å²) in [5.74, 6) is 1.14. The largest absolute Gasteiger partial charge is 0.481 e. The highest BCUT2D eigenvalue weighted by molar-refractivity contribution is 6.35. The van der Waals surface area contributed by atoms with E-state index in [0.29, 0.717) is 11.7 Å². The van der Waals surface area contributed by atoms with Gasteiger partial charge in [-0.1, -0.05) is 17.7 Å². The first-order valence-corrected chi connectivity index (χ1v) is 4.82. The zero-order valence-corrected chi connectivity index (χ0v) is 8.96. The molecule has 1 aliphatic rings. The van der Waals surface area contributed by atoms with Gasteiger partial charge in [0.2, 0.25) is 5.88 Å². The number of nitrogens with zero attached hydrogens (tertiary/aromatic N) is 2. The molecule has 5 heteroatoms. The maximum atomic E-state index is 5.96. The number of ether oxygens (including phenoxy) is 1. The van der Waals surface area contributed by atoms with Gasteiger partial charge in [0.1, 0.15) is 5.50 Å². The van der Waals surface area contributed by atoms with Crippen LogP contribution in [0.4, 0.5) is 5.82 Å². The quantitative estimate of drug-likeness (QED) is 0.422. The number of aromatic nitrogens is 1. The average molecular weight is 231 g/mol. The number of halogens is 2. The fourth-order valence-electron chi connectivity index (χ4n) is 1.23. The molecule has 2 heterocycles. The van der Waals surface area contributed by atoms with Crippen molar-refractivity contribution in [3.05, 3.63) is 23.8 Å². The van der Waals surface area contributed by atoms with Gasteiger partial charge in [-0.05, 0) is 12.1 Å². The van der Waals surface area contributed by atoms with E-state index in [4.69, 9.17) is 28.1 Å². The van der Waals surface area contributed by atoms with Crippen LogP contribution in [0.2, 0.25) is 0 Å². The lowest BCUT2D eigenvalue weighted by Crippen LogP contribution is -2.23. The fourth-order valence-corrected chi connectivity index (χ4v) is 1.60. The van der Waals surface area contributed by atoms with Crippen molar-refractivity contribution in [3.63, 3.8) is 0 Å². The summed E-state index contributed by atoms with van der Waals surface area (Å²) in [6, 6.07) is 3.66. The van der Waals surface area contributed by atoms with Crippen molar-refractivity contribution in [2.45, 2.75) is 5.50 Å². The fraction of sp³-hybridized carbons (Fsp3) is 0.222. The molecule has 0 saturated heterocycles. The van der Waals surface area contributed by atoms with E-state index in [0.717, 1.165) is 5.56 Å². The van der Waals surface area contributed by atoms with Crippen molar-refractivity contribution < 1.29 is 4.74 Å². The van der Waals surface area contributed by atoms with Crippen LogP contribution in [0.3, 0.4) is 0 Å². The van der Waals surface area contributed by atoms with E-state index in [1.165, 1.54) is 4.42 Å². The molecule has 0 radical (unpaired) electrons. The van der Waals surface area contributed by atoms with Crippen molar-refractivity contribution in [3.8, 4) is 5.88 Å². The third kappa shape index (κ3) is 1.53. The van der Waals surface area contributed by atoms with E-state index in [1.807, 2.05) is 12.1 Å². The zero-order chi connectivity index (χ0) is 10.1. The van der Waals surface area contributed by atoms with Crippen LogP contribution in [0.25, 0.3) is 6.08 Å². The summed E-state index contributed by atoms with van der Waals surface area (Å²) in [7, 11) is 1.56. The minimum Gasteiger partial charge on any atom is -0.481 e. The smallest absolute Gasteiger partial charge is 0.214 e. The molecule has 0 N–H and O–H groups in total. The minimum atomic E-state index is -0.372. The molecule has 1 unspecified atom stereocenters. The van der Waals surface area contributed by atoms with Crippen LogP contribution < -0.4 is 9.16 Å². The number of hydrogen-bond donors (Lipinski definition) is 0. The first kappa shape index (κ1) is 9.62. The summed E-state index contributed by atoms with van der Waals surface area (Å²) in [6.07, 6.45) is 3.68. The first-order chi connectivity index (χ1) is 6.72. The van der Waals surface area contributed by atoms with Gasteiger partial charge < -0.3 is 4.74 Å². The molecule has 1 aromatic heterocycles. The van der Waals surface area contributed by atoms with Gasteiger partial charge in [-0.25, -0.2) is 4.42 Å². The Kier molecular flexibility index (Phi) is 2.52. The Labute approximate surface area is 92.0 Å². The number of anilines is 1. The van der Waals surface area contributed by atoms with Crippen molar-refractivity contribution in [1.82, 2.24) is 4.98 Å². The summed E-state index contributed by atoms with van der Waals surface area (Å²) in [5, 5.41) is 0. The number of alkyl halides is 1. The van der Waals surface area contributed by atoms with E-state index < -0.39 is 0 Å². The Morgan fingerprint density at radius 2 is 2.29 bits per heavy atom. The third-order valence-electron chi connectivity index (χ3n) is 1.94. The maximum Gasteiger partial charge on any atom is 0.214 e. The van der Waals surface area contributed by atoms with Crippen LogP contribution >= 0.6 is 23.4 Å². The molecule has 0 aliphatic carbocycles. The molecule has 14 heavy (non-hydrogen) atoms. The van der Waals surface area contributed by atoms with E-state index >= 15 is 0 Å². The van der Waals surface area contributed by atoms with Crippen LogP contribution in [-0.4, -0.2) is 17.6 Å². The molecule has 2 rings (SSSR count). The standard InChI is InChI=1S/C9H8Cl2N2O/c1-14-8-5-3-6-2-4-7(10)13(11)9(6)12-8/h2-5,7H,1H3. The van der Waals surface area contributed by atoms with Crippen LogP contribution in [0, 0.1) is 0 Å². The molecule has 0 amide bonds. The number of fused-ring (bicyclic) bond motifs is 1. The van der Waals surface area contributed by atoms with Crippen LogP contribution in [0.1, 0.15) is 5.56 Å². The summed E-state index contributed by atoms with van der Waals surface area (Å²) < 4.78 is 6.37. The SMILES string of the molecule is COc1ccc2c(n1)N(Cl)C(Cl)C=C2. The normalized spacial score (nSPS) is 19.4. The lowest BCUT2D eigenvalue weighted by molar-refractivity contribution is 0.398. The highest BCUT2D eigenvalue weighted by Gasteiger charge is 2.20. The van der Waals surface area contributed by atoms with Gasteiger partial charge in [0, 0.05) is 23.4 Å². The van der Waals surface area contributed by atoms with Crippen LogP contribution in [0.15, 0.2) is 18.2 Å². The lowest BCUT2D eigenvalue weighted by atomic mass is 10.2. The van der Waals surface area contributed by atoms with Gasteiger partial charge in [0.05, 0.1) is 7.11 Å². The highest BCUT2D eigenvalue weighted by Crippen LogP contribution is 2.31. The lowest BCUT2D eigenvalue weighted by Gasteiger charge is -2.23. The monoisotopic (exact) mass is 230 g/mol. The summed E-state index contributed by atoms with van der Waals surface area (Å²) in [5.41, 5.74) is 0.557. The van der Waals surface area contributed by atoms with Crippen LogP contribution in [-0.2, 0) is 0 Å². The van der Waals surface area contributed by atoms with E-state index in [1.54, 1.807) is 19.3 Å². The minimum absolute atomic E-state index is 0.372. The Morgan fingerprint density at radius 3 is 3.00 bits per heavy atom. The van der Waals surface area contributed by atoms with Crippen molar-refractivity contribution in [1.29, 1.82) is 0 Å². The molecular formula is C9H8Cl2N2O. The average Bonchev–Trinajstić information content (AvgIpc) is 2.23. The Bertz CT molecular complexity index is 381. The molecular weight excluding hydrogens is 223 g/mol. The van der Waals surface area contributed by atoms with E-state index in [-0.39, 0.29) is 5.50 Å². The second-order valence-electron chi connectivity index (χ2n) is 2.81. The molecule has 0 saturated carbocycles. The topological polar surface area (TPSA) is 25.4 Å². The molecule has 1 aromatic rings.